The summed E-state index contributed by atoms with van der Waals surface area (Å²) in [5, 5.41) is 8.65. The molecule has 0 spiro atoms. The summed E-state index contributed by atoms with van der Waals surface area (Å²) in [5.41, 5.74) is 0.885. The van der Waals surface area contributed by atoms with Gasteiger partial charge in [-0.25, -0.2) is 0 Å². The predicted molar refractivity (Wildman–Crippen MR) is 82.4 cm³/mol. The van der Waals surface area contributed by atoms with Gasteiger partial charge in [-0.15, -0.1) is 0 Å². The lowest BCUT2D eigenvalue weighted by Crippen LogP contribution is -2.43. The predicted octanol–water partition coefficient (Wildman–Crippen LogP) is 1.52. The molecular weight excluding hydrogens is 266 g/mol. The number of rotatable bonds is 5. The second-order valence-electron chi connectivity index (χ2n) is 5.03. The van der Waals surface area contributed by atoms with E-state index in [0.29, 0.717) is 12.7 Å². The van der Waals surface area contributed by atoms with Crippen LogP contribution < -0.4 is 4.74 Å². The van der Waals surface area contributed by atoms with E-state index in [4.69, 9.17) is 14.6 Å². The zero-order valence-electron chi connectivity index (χ0n) is 12.5. The molecule has 21 heavy (non-hydrogen) atoms. The van der Waals surface area contributed by atoms with E-state index >= 15 is 0 Å². The van der Waals surface area contributed by atoms with Crippen molar-refractivity contribution in [2.24, 2.45) is 0 Å². The van der Waals surface area contributed by atoms with Gasteiger partial charge in [0.05, 0.1) is 12.7 Å². The fourth-order valence-electron chi connectivity index (χ4n) is 2.30. The van der Waals surface area contributed by atoms with E-state index in [1.165, 1.54) is 0 Å². The minimum absolute atomic E-state index is 0.115. The molecule has 1 heterocycles. The fraction of sp³-hybridized carbons (Fsp3) is 0.529. The Balaban J connectivity index is 1.73. The third kappa shape index (κ3) is 5.39. The molecule has 0 bridgehead atoms. The second-order valence-corrected chi connectivity index (χ2v) is 5.03. The Morgan fingerprint density at radius 3 is 2.90 bits per heavy atom. The lowest BCUT2D eigenvalue weighted by Gasteiger charge is -2.32. The van der Waals surface area contributed by atoms with Crippen LogP contribution in [0.25, 0.3) is 0 Å². The Kier molecular flexibility index (Phi) is 6.55. The van der Waals surface area contributed by atoms with Crippen molar-refractivity contribution in [3.63, 3.8) is 0 Å². The first-order chi connectivity index (χ1) is 10.3. The highest BCUT2D eigenvalue weighted by Crippen LogP contribution is 2.12. The zero-order chi connectivity index (χ0) is 14.9. The quantitative estimate of drug-likeness (QED) is 0.835. The highest BCUT2D eigenvalue weighted by molar-refractivity contribution is 5.38. The van der Waals surface area contributed by atoms with Gasteiger partial charge in [0.15, 0.2) is 0 Å². The molecule has 1 unspecified atom stereocenters. The summed E-state index contributed by atoms with van der Waals surface area (Å²) in [6, 6.07) is 7.63. The second kappa shape index (κ2) is 8.68. The molecule has 0 aromatic heterocycles. The average Bonchev–Trinajstić information content (AvgIpc) is 2.54. The molecule has 0 saturated carbocycles. The van der Waals surface area contributed by atoms with E-state index in [2.05, 4.69) is 23.7 Å². The summed E-state index contributed by atoms with van der Waals surface area (Å²) in [6.45, 7) is 6.44. The van der Waals surface area contributed by atoms with Crippen LogP contribution in [-0.2, 0) is 4.74 Å². The van der Waals surface area contributed by atoms with Gasteiger partial charge in [0.1, 0.15) is 19.0 Å². The first-order valence-electron chi connectivity index (χ1n) is 7.48. The van der Waals surface area contributed by atoms with Crippen molar-refractivity contribution in [2.45, 2.75) is 19.4 Å². The fourth-order valence-corrected chi connectivity index (χ4v) is 2.30. The molecule has 0 aliphatic carbocycles. The standard InChI is InChI=1S/C17H23NO3/c1-2-16-14-18(9-12-20-16)10-13-21-17-7-5-15(6-8-17)4-3-11-19/h5-8,16,19H,2,9-14H2,1H3. The van der Waals surface area contributed by atoms with Gasteiger partial charge in [-0.2, -0.15) is 0 Å². The van der Waals surface area contributed by atoms with E-state index in [1.807, 2.05) is 24.3 Å². The lowest BCUT2D eigenvalue weighted by molar-refractivity contribution is -0.0324. The van der Waals surface area contributed by atoms with Crippen LogP contribution in [0, 0.1) is 11.8 Å². The van der Waals surface area contributed by atoms with Gasteiger partial charge in [-0.05, 0) is 30.7 Å². The number of benzene rings is 1. The third-order valence-corrected chi connectivity index (χ3v) is 3.52. The van der Waals surface area contributed by atoms with Gasteiger partial charge in [0.25, 0.3) is 0 Å². The van der Waals surface area contributed by atoms with Crippen molar-refractivity contribution in [3.8, 4) is 17.6 Å². The normalized spacial score (nSPS) is 18.9. The van der Waals surface area contributed by atoms with Crippen LogP contribution in [0.3, 0.4) is 0 Å². The molecule has 4 nitrogen and oxygen atoms in total. The lowest BCUT2D eigenvalue weighted by atomic mass is 10.2. The number of hydrogen-bond acceptors (Lipinski definition) is 4. The maximum absolute atomic E-state index is 8.65. The Morgan fingerprint density at radius 2 is 2.19 bits per heavy atom. The molecule has 4 heteroatoms. The number of nitrogens with zero attached hydrogens (tertiary/aromatic N) is 1. The summed E-state index contributed by atoms with van der Waals surface area (Å²) in [5.74, 6) is 6.34. The third-order valence-electron chi connectivity index (χ3n) is 3.52. The number of aliphatic hydroxyl groups excluding tert-OH is 1. The largest absolute Gasteiger partial charge is 0.492 e. The van der Waals surface area contributed by atoms with Gasteiger partial charge in [0, 0.05) is 25.2 Å². The molecular formula is C17H23NO3. The highest BCUT2D eigenvalue weighted by Gasteiger charge is 2.18. The van der Waals surface area contributed by atoms with Crippen LogP contribution >= 0.6 is 0 Å². The molecule has 1 fully saturated rings. The average molecular weight is 289 g/mol. The van der Waals surface area contributed by atoms with Gasteiger partial charge >= 0.3 is 0 Å². The number of hydrogen-bond donors (Lipinski definition) is 1. The van der Waals surface area contributed by atoms with E-state index in [-0.39, 0.29) is 6.61 Å². The Bertz CT molecular complexity index is 475. The van der Waals surface area contributed by atoms with Gasteiger partial charge in [-0.1, -0.05) is 18.8 Å². The van der Waals surface area contributed by atoms with Crippen LogP contribution in [0.5, 0.6) is 5.75 Å². The minimum Gasteiger partial charge on any atom is -0.492 e. The molecule has 1 atom stereocenters. The SMILES string of the molecule is CCC1CN(CCOc2ccc(C#CCO)cc2)CCO1. The molecule has 1 N–H and O–H groups in total. The van der Waals surface area contributed by atoms with Crippen molar-refractivity contribution in [3.05, 3.63) is 29.8 Å². The summed E-state index contributed by atoms with van der Waals surface area (Å²) in [6.07, 6.45) is 1.43. The van der Waals surface area contributed by atoms with Crippen LogP contribution in [0.2, 0.25) is 0 Å². The number of morpholine rings is 1. The van der Waals surface area contributed by atoms with Gasteiger partial charge < -0.3 is 14.6 Å². The minimum atomic E-state index is -0.115. The maximum atomic E-state index is 8.65. The van der Waals surface area contributed by atoms with Gasteiger partial charge in [-0.3, -0.25) is 4.90 Å². The highest BCUT2D eigenvalue weighted by atomic mass is 16.5. The van der Waals surface area contributed by atoms with Crippen molar-refractivity contribution in [1.82, 2.24) is 4.90 Å². The topological polar surface area (TPSA) is 41.9 Å². The van der Waals surface area contributed by atoms with Gasteiger partial charge in [0.2, 0.25) is 0 Å². The number of aliphatic hydroxyl groups is 1. The summed E-state index contributed by atoms with van der Waals surface area (Å²) < 4.78 is 11.4. The zero-order valence-corrected chi connectivity index (χ0v) is 12.5. The van der Waals surface area contributed by atoms with Crippen LogP contribution in [0.15, 0.2) is 24.3 Å². The first-order valence-corrected chi connectivity index (χ1v) is 7.48. The van der Waals surface area contributed by atoms with Crippen molar-refractivity contribution in [1.29, 1.82) is 0 Å². The van der Waals surface area contributed by atoms with Crippen LogP contribution in [0.1, 0.15) is 18.9 Å². The summed E-state index contributed by atoms with van der Waals surface area (Å²) >= 11 is 0. The molecule has 0 radical (unpaired) electrons. The van der Waals surface area contributed by atoms with Crippen LogP contribution in [-0.4, -0.2) is 55.6 Å². The molecule has 1 aliphatic heterocycles. The summed E-state index contributed by atoms with van der Waals surface area (Å²) in [4.78, 5) is 2.39. The molecule has 1 aromatic carbocycles. The molecule has 1 aliphatic rings. The molecule has 1 aromatic rings. The number of ether oxygens (including phenoxy) is 2. The Hall–Kier alpha value is -1.54. The Labute approximate surface area is 126 Å². The van der Waals surface area contributed by atoms with Crippen LogP contribution in [0.4, 0.5) is 0 Å². The Morgan fingerprint density at radius 1 is 1.38 bits per heavy atom. The first kappa shape index (κ1) is 15.8. The molecule has 1 saturated heterocycles. The van der Waals surface area contributed by atoms with E-state index in [1.54, 1.807) is 0 Å². The maximum Gasteiger partial charge on any atom is 0.119 e. The molecule has 0 amide bonds. The van der Waals surface area contributed by atoms with Crippen molar-refractivity contribution in [2.75, 3.05) is 39.5 Å². The van der Waals surface area contributed by atoms with Crippen molar-refractivity contribution < 1.29 is 14.6 Å². The molecule has 114 valence electrons. The van der Waals surface area contributed by atoms with E-state index in [0.717, 1.165) is 44.0 Å². The molecule has 2 rings (SSSR count). The monoisotopic (exact) mass is 289 g/mol. The summed E-state index contributed by atoms with van der Waals surface area (Å²) in [7, 11) is 0. The van der Waals surface area contributed by atoms with E-state index < -0.39 is 0 Å². The smallest absolute Gasteiger partial charge is 0.119 e. The van der Waals surface area contributed by atoms with E-state index in [9.17, 15) is 0 Å². The van der Waals surface area contributed by atoms with Crippen molar-refractivity contribution >= 4 is 0 Å².